The largest absolute Gasteiger partial charge is 0.506 e. The first-order valence-corrected chi connectivity index (χ1v) is 5.98. The Morgan fingerprint density at radius 3 is 2.75 bits per heavy atom. The number of hydrogen-bond acceptors (Lipinski definition) is 3. The van der Waals surface area contributed by atoms with E-state index in [1.165, 1.54) is 0 Å². The Kier molecular flexibility index (Phi) is 3.56. The van der Waals surface area contributed by atoms with E-state index in [0.717, 1.165) is 25.7 Å². The van der Waals surface area contributed by atoms with Crippen LogP contribution in [0.15, 0.2) is 18.2 Å². The van der Waals surface area contributed by atoms with Crippen molar-refractivity contribution in [1.82, 2.24) is 0 Å². The van der Waals surface area contributed by atoms with Gasteiger partial charge in [0.05, 0.1) is 17.8 Å². The van der Waals surface area contributed by atoms with Crippen LogP contribution < -0.4 is 5.32 Å². The number of benzene rings is 1. The van der Waals surface area contributed by atoms with Crippen LogP contribution >= 0.6 is 11.6 Å². The molecule has 1 aliphatic carbocycles. The van der Waals surface area contributed by atoms with Crippen molar-refractivity contribution >= 4 is 17.3 Å². The molecule has 0 saturated heterocycles. The minimum Gasteiger partial charge on any atom is -0.506 e. The molecule has 3 N–H and O–H groups in total. The molecule has 2 rings (SSSR count). The first-order valence-electron chi connectivity index (χ1n) is 5.60. The summed E-state index contributed by atoms with van der Waals surface area (Å²) in [6, 6.07) is 4.88. The van der Waals surface area contributed by atoms with E-state index in [1.807, 2.05) is 0 Å². The van der Waals surface area contributed by atoms with Gasteiger partial charge in [0.1, 0.15) is 5.75 Å². The molecular formula is C12H16ClNO2. The number of anilines is 1. The number of nitrogens with one attached hydrogen (secondary N) is 1. The molecule has 2 unspecified atom stereocenters. The number of halogens is 1. The fraction of sp³-hybridized carbons (Fsp3) is 0.500. The van der Waals surface area contributed by atoms with Crippen LogP contribution in [0.3, 0.4) is 0 Å². The lowest BCUT2D eigenvalue weighted by Crippen LogP contribution is -2.36. The van der Waals surface area contributed by atoms with Gasteiger partial charge in [-0.15, -0.1) is 0 Å². The zero-order valence-electron chi connectivity index (χ0n) is 8.99. The van der Waals surface area contributed by atoms with Crippen molar-refractivity contribution in [2.24, 2.45) is 0 Å². The second-order valence-corrected chi connectivity index (χ2v) is 4.70. The summed E-state index contributed by atoms with van der Waals surface area (Å²) in [6.07, 6.45) is 3.58. The van der Waals surface area contributed by atoms with Crippen molar-refractivity contribution in [3.05, 3.63) is 23.2 Å². The normalized spacial score (nSPS) is 25.4. The SMILES string of the molecule is Oc1ccc(Cl)cc1NC1CCCCC1O. The third kappa shape index (κ3) is 2.60. The highest BCUT2D eigenvalue weighted by Crippen LogP contribution is 2.30. The molecule has 1 aromatic rings. The molecule has 0 aliphatic heterocycles. The maximum atomic E-state index is 9.81. The maximum Gasteiger partial charge on any atom is 0.138 e. The lowest BCUT2D eigenvalue weighted by Gasteiger charge is -2.29. The van der Waals surface area contributed by atoms with Gasteiger partial charge in [-0.25, -0.2) is 0 Å². The van der Waals surface area contributed by atoms with Gasteiger partial charge in [0.15, 0.2) is 0 Å². The first-order chi connectivity index (χ1) is 7.66. The molecule has 1 saturated carbocycles. The van der Waals surface area contributed by atoms with E-state index < -0.39 is 0 Å². The summed E-state index contributed by atoms with van der Waals surface area (Å²) in [5.74, 6) is 0.169. The van der Waals surface area contributed by atoms with E-state index >= 15 is 0 Å². The summed E-state index contributed by atoms with van der Waals surface area (Å²) in [7, 11) is 0. The predicted molar refractivity (Wildman–Crippen MR) is 65.0 cm³/mol. The van der Waals surface area contributed by atoms with Crippen LogP contribution in [0.4, 0.5) is 5.69 Å². The predicted octanol–water partition coefficient (Wildman–Crippen LogP) is 2.76. The molecule has 0 spiro atoms. The second-order valence-electron chi connectivity index (χ2n) is 4.26. The summed E-state index contributed by atoms with van der Waals surface area (Å²) < 4.78 is 0. The standard InChI is InChI=1S/C12H16ClNO2/c13-8-5-6-12(16)10(7-8)14-9-3-1-2-4-11(9)15/h5-7,9,11,14-16H,1-4H2. The van der Waals surface area contributed by atoms with Gasteiger partial charge in [0, 0.05) is 5.02 Å². The average Bonchev–Trinajstić information content (AvgIpc) is 2.27. The molecule has 0 aromatic heterocycles. The highest BCUT2D eigenvalue weighted by molar-refractivity contribution is 6.30. The Morgan fingerprint density at radius 1 is 1.25 bits per heavy atom. The van der Waals surface area contributed by atoms with Crippen LogP contribution in [0.1, 0.15) is 25.7 Å². The van der Waals surface area contributed by atoms with Crippen molar-refractivity contribution in [2.75, 3.05) is 5.32 Å². The number of aliphatic hydroxyl groups is 1. The number of rotatable bonds is 2. The summed E-state index contributed by atoms with van der Waals surface area (Å²) in [6.45, 7) is 0. The van der Waals surface area contributed by atoms with Crippen molar-refractivity contribution < 1.29 is 10.2 Å². The quantitative estimate of drug-likeness (QED) is 0.698. The molecule has 1 fully saturated rings. The molecule has 0 radical (unpaired) electrons. The lowest BCUT2D eigenvalue weighted by molar-refractivity contribution is 0.116. The third-order valence-electron chi connectivity index (χ3n) is 3.03. The van der Waals surface area contributed by atoms with Gasteiger partial charge in [-0.2, -0.15) is 0 Å². The third-order valence-corrected chi connectivity index (χ3v) is 3.26. The highest BCUT2D eigenvalue weighted by atomic mass is 35.5. The number of phenols is 1. The Balaban J connectivity index is 2.10. The zero-order chi connectivity index (χ0) is 11.5. The second kappa shape index (κ2) is 4.93. The van der Waals surface area contributed by atoms with Gasteiger partial charge in [0.25, 0.3) is 0 Å². The molecule has 0 bridgehead atoms. The molecule has 4 heteroatoms. The van der Waals surface area contributed by atoms with Crippen molar-refractivity contribution in [3.8, 4) is 5.75 Å². The molecule has 1 aromatic carbocycles. The number of aromatic hydroxyl groups is 1. The van der Waals surface area contributed by atoms with Crippen LogP contribution in [0.2, 0.25) is 5.02 Å². The molecule has 16 heavy (non-hydrogen) atoms. The van der Waals surface area contributed by atoms with Crippen LogP contribution in [-0.2, 0) is 0 Å². The van der Waals surface area contributed by atoms with Crippen molar-refractivity contribution in [1.29, 1.82) is 0 Å². The highest BCUT2D eigenvalue weighted by Gasteiger charge is 2.23. The van der Waals surface area contributed by atoms with Gasteiger partial charge < -0.3 is 15.5 Å². The van der Waals surface area contributed by atoms with E-state index in [-0.39, 0.29) is 17.9 Å². The van der Waals surface area contributed by atoms with E-state index in [1.54, 1.807) is 18.2 Å². The van der Waals surface area contributed by atoms with Crippen LogP contribution in [-0.4, -0.2) is 22.4 Å². The summed E-state index contributed by atoms with van der Waals surface area (Å²) in [5.41, 5.74) is 0.596. The molecule has 2 atom stereocenters. The minimum atomic E-state index is -0.341. The Morgan fingerprint density at radius 2 is 2.00 bits per heavy atom. The van der Waals surface area contributed by atoms with E-state index in [9.17, 15) is 10.2 Å². The lowest BCUT2D eigenvalue weighted by atomic mass is 9.92. The smallest absolute Gasteiger partial charge is 0.138 e. The van der Waals surface area contributed by atoms with Crippen LogP contribution in [0, 0.1) is 0 Å². The zero-order valence-corrected chi connectivity index (χ0v) is 9.74. The van der Waals surface area contributed by atoms with Gasteiger partial charge in [-0.3, -0.25) is 0 Å². The molecule has 88 valence electrons. The summed E-state index contributed by atoms with van der Waals surface area (Å²) in [4.78, 5) is 0. The number of phenolic OH excluding ortho intramolecular Hbond substituents is 1. The fourth-order valence-electron chi connectivity index (χ4n) is 2.10. The average molecular weight is 242 g/mol. The fourth-order valence-corrected chi connectivity index (χ4v) is 2.28. The molecule has 1 aliphatic rings. The van der Waals surface area contributed by atoms with E-state index in [4.69, 9.17) is 11.6 Å². The molecular weight excluding hydrogens is 226 g/mol. The van der Waals surface area contributed by atoms with Crippen LogP contribution in [0.5, 0.6) is 5.75 Å². The molecule has 0 amide bonds. The van der Waals surface area contributed by atoms with Gasteiger partial charge in [-0.1, -0.05) is 24.4 Å². The summed E-state index contributed by atoms with van der Waals surface area (Å²) in [5, 5.41) is 23.2. The summed E-state index contributed by atoms with van der Waals surface area (Å²) >= 11 is 5.86. The van der Waals surface area contributed by atoms with Crippen molar-refractivity contribution in [2.45, 2.75) is 37.8 Å². The van der Waals surface area contributed by atoms with Crippen molar-refractivity contribution in [3.63, 3.8) is 0 Å². The van der Waals surface area contributed by atoms with E-state index in [2.05, 4.69) is 5.32 Å². The maximum absolute atomic E-state index is 9.81. The Hall–Kier alpha value is -0.930. The Labute approximate surface area is 100 Å². The van der Waals surface area contributed by atoms with Crippen LogP contribution in [0.25, 0.3) is 0 Å². The number of hydrogen-bond donors (Lipinski definition) is 3. The molecule has 0 heterocycles. The Bertz CT molecular complexity index is 370. The minimum absolute atomic E-state index is 0.0121. The topological polar surface area (TPSA) is 52.5 Å². The van der Waals surface area contributed by atoms with Gasteiger partial charge in [-0.05, 0) is 31.0 Å². The van der Waals surface area contributed by atoms with E-state index in [0.29, 0.717) is 10.7 Å². The monoisotopic (exact) mass is 241 g/mol. The van der Waals surface area contributed by atoms with Gasteiger partial charge >= 0.3 is 0 Å². The van der Waals surface area contributed by atoms with Gasteiger partial charge in [0.2, 0.25) is 0 Å². The number of aliphatic hydroxyl groups excluding tert-OH is 1. The first kappa shape index (κ1) is 11.6. The molecule has 3 nitrogen and oxygen atoms in total.